The van der Waals surface area contributed by atoms with Gasteiger partial charge in [0.2, 0.25) is 5.91 Å². The predicted octanol–water partition coefficient (Wildman–Crippen LogP) is 2.26. The fraction of sp³-hybridized carbons (Fsp3) is 0.333. The lowest BCUT2D eigenvalue weighted by molar-refractivity contribution is -0.137. The van der Waals surface area contributed by atoms with Crippen LogP contribution in [0.5, 0.6) is 0 Å². The first kappa shape index (κ1) is 15.6. The van der Waals surface area contributed by atoms with Crippen LogP contribution in [0.15, 0.2) is 42.7 Å². The van der Waals surface area contributed by atoms with Crippen LogP contribution < -0.4 is 0 Å². The molecule has 1 amide bonds. The smallest absolute Gasteiger partial charge is 0.246 e. The molecule has 3 aromatic rings. The third kappa shape index (κ3) is 2.71. The molecule has 3 heterocycles. The van der Waals surface area contributed by atoms with Gasteiger partial charge in [0.1, 0.15) is 6.04 Å². The Kier molecular flexibility index (Phi) is 3.83. The molecule has 128 valence electrons. The molecule has 7 heteroatoms. The fourth-order valence-electron chi connectivity index (χ4n) is 3.25. The monoisotopic (exact) mass is 336 g/mol. The van der Waals surface area contributed by atoms with E-state index < -0.39 is 0 Å². The van der Waals surface area contributed by atoms with Gasteiger partial charge in [-0.05, 0) is 19.4 Å². The van der Waals surface area contributed by atoms with Gasteiger partial charge in [-0.2, -0.15) is 5.10 Å². The number of aromatic nitrogens is 5. The molecule has 2 aromatic heterocycles. The molecule has 0 radical (unpaired) electrons. The second-order valence-electron chi connectivity index (χ2n) is 6.25. The molecule has 25 heavy (non-hydrogen) atoms. The lowest BCUT2D eigenvalue weighted by Crippen LogP contribution is -2.41. The Morgan fingerprint density at radius 3 is 2.72 bits per heavy atom. The highest BCUT2D eigenvalue weighted by molar-refractivity contribution is 5.82. The quantitative estimate of drug-likeness (QED) is 0.733. The van der Waals surface area contributed by atoms with Gasteiger partial charge in [0.05, 0.1) is 18.3 Å². The van der Waals surface area contributed by atoms with E-state index in [1.54, 1.807) is 6.20 Å². The van der Waals surface area contributed by atoms with Crippen LogP contribution in [0.3, 0.4) is 0 Å². The van der Waals surface area contributed by atoms with E-state index in [1.165, 1.54) is 0 Å². The maximum atomic E-state index is 12.9. The summed E-state index contributed by atoms with van der Waals surface area (Å²) in [4.78, 5) is 14.7. The van der Waals surface area contributed by atoms with Crippen LogP contribution in [0.2, 0.25) is 0 Å². The van der Waals surface area contributed by atoms with Crippen molar-refractivity contribution in [3.63, 3.8) is 0 Å². The highest BCUT2D eigenvalue weighted by Gasteiger charge is 2.33. The molecule has 0 spiro atoms. The number of amides is 1. The maximum absolute atomic E-state index is 12.9. The van der Waals surface area contributed by atoms with Gasteiger partial charge in [0, 0.05) is 19.3 Å². The van der Waals surface area contributed by atoms with E-state index >= 15 is 0 Å². The van der Waals surface area contributed by atoms with E-state index in [0.29, 0.717) is 18.9 Å². The average molecular weight is 336 g/mol. The van der Waals surface area contributed by atoms with Crippen LogP contribution in [0.4, 0.5) is 0 Å². The van der Waals surface area contributed by atoms with E-state index in [-0.39, 0.29) is 11.9 Å². The lowest BCUT2D eigenvalue weighted by Gasteiger charge is -2.32. The summed E-state index contributed by atoms with van der Waals surface area (Å²) in [6, 6.07) is 9.67. The standard InChI is InChI=1S/C18H20N6O/c1-3-23-11-15(9-19-23)17-21-20-16-12-22(18(25)13(2)24(16)17)10-14-7-5-4-6-8-14/h4-9,11,13H,3,10,12H2,1-2H3/t13-/m0/s1. The first-order chi connectivity index (χ1) is 12.2. The molecule has 0 saturated heterocycles. The second-order valence-corrected chi connectivity index (χ2v) is 6.25. The zero-order valence-corrected chi connectivity index (χ0v) is 14.3. The van der Waals surface area contributed by atoms with Gasteiger partial charge in [-0.1, -0.05) is 30.3 Å². The summed E-state index contributed by atoms with van der Waals surface area (Å²) in [6.07, 6.45) is 3.71. The molecular weight excluding hydrogens is 316 g/mol. The SMILES string of the molecule is CCn1cc(-c2nnc3n2[C@@H](C)C(=O)N(Cc2ccccc2)C3)cn1. The van der Waals surface area contributed by atoms with Gasteiger partial charge in [-0.3, -0.25) is 14.0 Å². The first-order valence-electron chi connectivity index (χ1n) is 8.46. The molecule has 1 atom stereocenters. The van der Waals surface area contributed by atoms with E-state index in [0.717, 1.165) is 23.5 Å². The summed E-state index contributed by atoms with van der Waals surface area (Å²) in [5, 5.41) is 12.9. The topological polar surface area (TPSA) is 68.8 Å². The minimum atomic E-state index is -0.331. The van der Waals surface area contributed by atoms with Gasteiger partial charge in [0.15, 0.2) is 11.6 Å². The Bertz CT molecular complexity index is 897. The summed E-state index contributed by atoms with van der Waals surface area (Å²) in [5.41, 5.74) is 2.00. The predicted molar refractivity (Wildman–Crippen MR) is 92.3 cm³/mol. The summed E-state index contributed by atoms with van der Waals surface area (Å²) < 4.78 is 3.77. The number of benzene rings is 1. The highest BCUT2D eigenvalue weighted by Crippen LogP contribution is 2.28. The number of nitrogens with zero attached hydrogens (tertiary/aromatic N) is 6. The number of carbonyl (C=O) groups excluding carboxylic acids is 1. The molecule has 7 nitrogen and oxygen atoms in total. The van der Waals surface area contributed by atoms with Crippen molar-refractivity contribution in [2.45, 2.75) is 39.5 Å². The molecule has 0 saturated carbocycles. The summed E-state index contributed by atoms with van der Waals surface area (Å²) >= 11 is 0. The average Bonchev–Trinajstić information content (AvgIpc) is 3.26. The van der Waals surface area contributed by atoms with Gasteiger partial charge < -0.3 is 4.90 Å². The number of rotatable bonds is 4. The minimum absolute atomic E-state index is 0.0836. The zero-order valence-electron chi connectivity index (χ0n) is 14.3. The van der Waals surface area contributed by atoms with E-state index in [9.17, 15) is 4.79 Å². The van der Waals surface area contributed by atoms with Gasteiger partial charge in [0.25, 0.3) is 0 Å². The van der Waals surface area contributed by atoms with Crippen LogP contribution in [0.25, 0.3) is 11.4 Å². The normalized spacial score (nSPS) is 17.0. The third-order valence-corrected chi connectivity index (χ3v) is 4.59. The molecule has 0 fully saturated rings. The van der Waals surface area contributed by atoms with E-state index in [2.05, 4.69) is 15.3 Å². The van der Waals surface area contributed by atoms with Crippen molar-refractivity contribution in [2.24, 2.45) is 0 Å². The Hall–Kier alpha value is -2.96. The molecule has 0 aliphatic carbocycles. The number of carbonyl (C=O) groups is 1. The lowest BCUT2D eigenvalue weighted by atomic mass is 10.1. The third-order valence-electron chi connectivity index (χ3n) is 4.59. The Balaban J connectivity index is 1.65. The molecule has 0 N–H and O–H groups in total. The summed E-state index contributed by atoms with van der Waals surface area (Å²) in [6.45, 7) is 5.77. The summed E-state index contributed by atoms with van der Waals surface area (Å²) in [5.74, 6) is 1.59. The maximum Gasteiger partial charge on any atom is 0.246 e. The van der Waals surface area contributed by atoms with Crippen LogP contribution in [0, 0.1) is 0 Å². The van der Waals surface area contributed by atoms with Crippen LogP contribution >= 0.6 is 0 Å². The van der Waals surface area contributed by atoms with Gasteiger partial charge >= 0.3 is 0 Å². The van der Waals surface area contributed by atoms with Crippen molar-refractivity contribution in [3.05, 3.63) is 54.1 Å². The van der Waals surface area contributed by atoms with E-state index in [4.69, 9.17) is 0 Å². The van der Waals surface area contributed by atoms with E-state index in [1.807, 2.05) is 64.5 Å². The van der Waals surface area contributed by atoms with Crippen molar-refractivity contribution in [3.8, 4) is 11.4 Å². The first-order valence-corrected chi connectivity index (χ1v) is 8.46. The zero-order chi connectivity index (χ0) is 17.4. The molecule has 1 aromatic carbocycles. The van der Waals surface area contributed by atoms with Crippen molar-refractivity contribution in [2.75, 3.05) is 0 Å². The molecule has 1 aliphatic rings. The Morgan fingerprint density at radius 2 is 2.00 bits per heavy atom. The molecule has 0 bridgehead atoms. The number of hydrogen-bond acceptors (Lipinski definition) is 4. The Labute approximate surface area is 145 Å². The minimum Gasteiger partial charge on any atom is -0.329 e. The van der Waals surface area contributed by atoms with Crippen molar-refractivity contribution in [1.29, 1.82) is 0 Å². The summed E-state index contributed by atoms with van der Waals surface area (Å²) in [7, 11) is 0. The molecular formula is C18H20N6O. The Morgan fingerprint density at radius 1 is 1.20 bits per heavy atom. The second kappa shape index (κ2) is 6.16. The highest BCUT2D eigenvalue weighted by atomic mass is 16.2. The van der Waals surface area contributed by atoms with Crippen LogP contribution in [0.1, 0.15) is 31.3 Å². The molecule has 4 rings (SSSR count). The van der Waals surface area contributed by atoms with Gasteiger partial charge in [-0.15, -0.1) is 10.2 Å². The van der Waals surface area contributed by atoms with Crippen LogP contribution in [-0.2, 0) is 24.4 Å². The largest absolute Gasteiger partial charge is 0.329 e. The number of hydrogen-bond donors (Lipinski definition) is 0. The van der Waals surface area contributed by atoms with Gasteiger partial charge in [-0.25, -0.2) is 0 Å². The number of fused-ring (bicyclic) bond motifs is 1. The number of aryl methyl sites for hydroxylation is 1. The molecule has 0 unspecified atom stereocenters. The molecule has 1 aliphatic heterocycles. The fourth-order valence-corrected chi connectivity index (χ4v) is 3.25. The van der Waals surface area contributed by atoms with Crippen molar-refractivity contribution >= 4 is 5.91 Å². The van der Waals surface area contributed by atoms with Crippen molar-refractivity contribution in [1.82, 2.24) is 29.4 Å². The van der Waals surface area contributed by atoms with Crippen molar-refractivity contribution < 1.29 is 4.79 Å². The van der Waals surface area contributed by atoms with Crippen LogP contribution in [-0.4, -0.2) is 35.4 Å².